The highest BCUT2D eigenvalue weighted by atomic mass is 32.1. The molecular weight excluding hydrogens is 442 g/mol. The van der Waals surface area contributed by atoms with Crippen LogP contribution >= 0.6 is 11.3 Å². The van der Waals surface area contributed by atoms with E-state index in [-0.39, 0.29) is 17.9 Å². The second-order valence-electron chi connectivity index (χ2n) is 9.82. The highest BCUT2D eigenvalue weighted by molar-refractivity contribution is 7.09. The largest absolute Gasteiger partial charge is 0.351 e. The lowest BCUT2D eigenvalue weighted by Crippen LogP contribution is -2.64. The molecule has 0 radical (unpaired) electrons. The molecule has 5 nitrogen and oxygen atoms in total. The molecule has 3 heterocycles. The number of carbonyl (C=O) groups excluding carboxylic acids is 2. The third-order valence-electron chi connectivity index (χ3n) is 7.40. The summed E-state index contributed by atoms with van der Waals surface area (Å²) in [7, 11) is 0. The SMILES string of the molecule is CC1(C(=O)NC2CCCCCCC2)Cn2c(ccc2-c2ccccc2)C(=O)N1Cc1cccs1. The van der Waals surface area contributed by atoms with Gasteiger partial charge in [-0.2, -0.15) is 0 Å². The van der Waals surface area contributed by atoms with E-state index in [0.717, 1.165) is 41.8 Å². The molecule has 0 bridgehead atoms. The molecule has 5 rings (SSSR count). The first-order chi connectivity index (χ1) is 16.6. The summed E-state index contributed by atoms with van der Waals surface area (Å²) in [4.78, 5) is 30.6. The lowest BCUT2D eigenvalue weighted by atomic mass is 9.92. The van der Waals surface area contributed by atoms with Crippen LogP contribution in [0.3, 0.4) is 0 Å². The molecule has 1 unspecified atom stereocenters. The van der Waals surface area contributed by atoms with Gasteiger partial charge in [-0.05, 0) is 48.9 Å². The van der Waals surface area contributed by atoms with Gasteiger partial charge in [-0.1, -0.05) is 68.5 Å². The summed E-state index contributed by atoms with van der Waals surface area (Å²) in [5.74, 6) is -0.126. The van der Waals surface area contributed by atoms with Gasteiger partial charge in [0.1, 0.15) is 11.2 Å². The van der Waals surface area contributed by atoms with Crippen LogP contribution in [-0.4, -0.2) is 32.9 Å². The van der Waals surface area contributed by atoms with Crippen LogP contribution in [0.1, 0.15) is 67.2 Å². The Morgan fingerprint density at radius 3 is 2.38 bits per heavy atom. The second kappa shape index (κ2) is 9.79. The molecule has 3 aromatic rings. The summed E-state index contributed by atoms with van der Waals surface area (Å²) in [5, 5.41) is 5.39. The molecule has 6 heteroatoms. The third kappa shape index (κ3) is 4.43. The fourth-order valence-corrected chi connectivity index (χ4v) is 6.07. The van der Waals surface area contributed by atoms with Crippen LogP contribution < -0.4 is 5.32 Å². The Kier molecular flexibility index (Phi) is 6.59. The fraction of sp³-hybridized carbons (Fsp3) is 0.429. The number of nitrogens with one attached hydrogen (secondary N) is 1. The minimum absolute atomic E-state index is 0.0404. The van der Waals surface area contributed by atoms with Gasteiger partial charge in [-0.3, -0.25) is 9.59 Å². The van der Waals surface area contributed by atoms with Gasteiger partial charge in [0.25, 0.3) is 5.91 Å². The van der Waals surface area contributed by atoms with E-state index in [1.165, 1.54) is 19.3 Å². The number of rotatable bonds is 5. The minimum atomic E-state index is -0.973. The van der Waals surface area contributed by atoms with Crippen molar-refractivity contribution in [2.45, 2.75) is 76.5 Å². The smallest absolute Gasteiger partial charge is 0.271 e. The van der Waals surface area contributed by atoms with E-state index in [1.54, 1.807) is 16.2 Å². The zero-order valence-corrected chi connectivity index (χ0v) is 20.7. The number of carbonyl (C=O) groups is 2. The molecule has 2 aliphatic rings. The first-order valence-corrected chi connectivity index (χ1v) is 13.3. The van der Waals surface area contributed by atoms with E-state index in [9.17, 15) is 9.59 Å². The van der Waals surface area contributed by atoms with Crippen molar-refractivity contribution in [2.75, 3.05) is 0 Å². The standard InChI is InChI=1S/C28H33N3O2S/c1-28(27(33)29-22-13-8-3-2-4-9-14-22)20-30-24(21-11-6-5-7-12-21)16-17-25(30)26(32)31(28)19-23-15-10-18-34-23/h5-7,10-12,15-18,22H,2-4,8-9,13-14,19-20H2,1H3,(H,29,33). The summed E-state index contributed by atoms with van der Waals surface area (Å²) in [6.45, 7) is 2.82. The Labute approximate surface area is 205 Å². The number of thiophene rings is 1. The van der Waals surface area contributed by atoms with E-state index in [2.05, 4.69) is 17.4 Å². The van der Waals surface area contributed by atoms with Crippen molar-refractivity contribution in [3.05, 3.63) is 70.5 Å². The maximum Gasteiger partial charge on any atom is 0.271 e. The Balaban J connectivity index is 1.49. The lowest BCUT2D eigenvalue weighted by Gasteiger charge is -2.45. The van der Waals surface area contributed by atoms with Crippen molar-refractivity contribution in [3.8, 4) is 11.3 Å². The average molecular weight is 476 g/mol. The van der Waals surface area contributed by atoms with Gasteiger partial charge in [0.05, 0.1) is 13.1 Å². The van der Waals surface area contributed by atoms with Crippen LogP contribution in [-0.2, 0) is 17.9 Å². The summed E-state index contributed by atoms with van der Waals surface area (Å²) in [6.07, 6.45) is 8.11. The molecule has 34 heavy (non-hydrogen) atoms. The molecule has 1 saturated carbocycles. The van der Waals surface area contributed by atoms with Crippen LogP contribution in [0.15, 0.2) is 60.0 Å². The van der Waals surface area contributed by atoms with Gasteiger partial charge in [0, 0.05) is 16.6 Å². The van der Waals surface area contributed by atoms with Gasteiger partial charge in [0.2, 0.25) is 5.91 Å². The van der Waals surface area contributed by atoms with Crippen LogP contribution in [0.25, 0.3) is 11.3 Å². The van der Waals surface area contributed by atoms with Gasteiger partial charge in [-0.25, -0.2) is 0 Å². The maximum absolute atomic E-state index is 13.9. The van der Waals surface area contributed by atoms with Crippen molar-refractivity contribution in [1.82, 2.24) is 14.8 Å². The zero-order valence-electron chi connectivity index (χ0n) is 19.8. The first kappa shape index (κ1) is 22.9. The predicted molar refractivity (Wildman–Crippen MR) is 137 cm³/mol. The number of amides is 2. The quantitative estimate of drug-likeness (QED) is 0.502. The van der Waals surface area contributed by atoms with E-state index in [1.807, 2.05) is 59.3 Å². The van der Waals surface area contributed by atoms with Crippen molar-refractivity contribution >= 4 is 23.2 Å². The number of fused-ring (bicyclic) bond motifs is 1. The average Bonchev–Trinajstić information content (AvgIpc) is 3.49. The zero-order chi connectivity index (χ0) is 23.5. The van der Waals surface area contributed by atoms with E-state index < -0.39 is 5.54 Å². The normalized spacial score (nSPS) is 21.6. The molecule has 1 aliphatic carbocycles. The Bertz CT molecular complexity index is 1130. The molecule has 178 valence electrons. The molecule has 2 aromatic heterocycles. The van der Waals surface area contributed by atoms with Crippen LogP contribution in [0, 0.1) is 0 Å². The third-order valence-corrected chi connectivity index (χ3v) is 8.26. The molecule has 0 spiro atoms. The number of hydrogen-bond acceptors (Lipinski definition) is 3. The van der Waals surface area contributed by atoms with E-state index >= 15 is 0 Å². The van der Waals surface area contributed by atoms with E-state index in [0.29, 0.717) is 18.8 Å². The second-order valence-corrected chi connectivity index (χ2v) is 10.8. The maximum atomic E-state index is 13.9. The molecule has 1 aromatic carbocycles. The summed E-state index contributed by atoms with van der Waals surface area (Å²) >= 11 is 1.62. The molecular formula is C28H33N3O2S. The molecule has 2 amide bonds. The van der Waals surface area contributed by atoms with Crippen LogP contribution in [0.4, 0.5) is 0 Å². The topological polar surface area (TPSA) is 54.3 Å². The van der Waals surface area contributed by atoms with E-state index in [4.69, 9.17) is 0 Å². The number of hydrogen-bond donors (Lipinski definition) is 1. The molecule has 1 N–H and O–H groups in total. The van der Waals surface area contributed by atoms with Crippen molar-refractivity contribution in [3.63, 3.8) is 0 Å². The van der Waals surface area contributed by atoms with Crippen molar-refractivity contribution in [2.24, 2.45) is 0 Å². The Hall–Kier alpha value is -2.86. The van der Waals surface area contributed by atoms with Crippen molar-refractivity contribution < 1.29 is 9.59 Å². The molecule has 0 saturated heterocycles. The molecule has 1 aliphatic heterocycles. The Morgan fingerprint density at radius 2 is 1.68 bits per heavy atom. The molecule has 1 fully saturated rings. The van der Waals surface area contributed by atoms with Crippen LogP contribution in [0.5, 0.6) is 0 Å². The highest BCUT2D eigenvalue weighted by Gasteiger charge is 2.48. The van der Waals surface area contributed by atoms with Gasteiger partial charge < -0.3 is 14.8 Å². The number of aromatic nitrogens is 1. The first-order valence-electron chi connectivity index (χ1n) is 12.5. The molecule has 1 atom stereocenters. The lowest BCUT2D eigenvalue weighted by molar-refractivity contribution is -0.134. The summed E-state index contributed by atoms with van der Waals surface area (Å²) in [6, 6.07) is 18.2. The summed E-state index contributed by atoms with van der Waals surface area (Å²) < 4.78 is 2.04. The van der Waals surface area contributed by atoms with Gasteiger partial charge in [-0.15, -0.1) is 11.3 Å². The Morgan fingerprint density at radius 1 is 0.971 bits per heavy atom. The monoisotopic (exact) mass is 475 g/mol. The number of benzene rings is 1. The number of nitrogens with zero attached hydrogens (tertiary/aromatic N) is 2. The van der Waals surface area contributed by atoms with Gasteiger partial charge in [0.15, 0.2) is 0 Å². The highest BCUT2D eigenvalue weighted by Crippen LogP contribution is 2.35. The van der Waals surface area contributed by atoms with Crippen molar-refractivity contribution in [1.29, 1.82) is 0 Å². The minimum Gasteiger partial charge on any atom is -0.351 e. The fourth-order valence-electron chi connectivity index (χ4n) is 5.38. The van der Waals surface area contributed by atoms with Gasteiger partial charge >= 0.3 is 0 Å². The van der Waals surface area contributed by atoms with Crippen LogP contribution in [0.2, 0.25) is 0 Å². The summed E-state index contributed by atoms with van der Waals surface area (Å²) in [5.41, 5.74) is 1.70. The predicted octanol–water partition coefficient (Wildman–Crippen LogP) is 5.86.